The summed E-state index contributed by atoms with van der Waals surface area (Å²) < 4.78 is 0. The molecule has 0 spiro atoms. The molecule has 1 aromatic heterocycles. The van der Waals surface area contributed by atoms with E-state index in [-0.39, 0.29) is 11.8 Å². The minimum absolute atomic E-state index is 0.0000926. The number of rotatable bonds is 2. The molecular weight excluding hydrogens is 214 g/mol. The molecule has 1 aromatic rings. The van der Waals surface area contributed by atoms with Crippen LogP contribution in [-0.4, -0.2) is 10.9 Å². The Bertz CT molecular complexity index is 444. The third-order valence-corrected chi connectivity index (χ3v) is 3.15. The largest absolute Gasteiger partial charge is 0.309 e. The van der Waals surface area contributed by atoms with Crippen molar-refractivity contribution in [3.8, 4) is 6.07 Å². The molecule has 1 heterocycles. The van der Waals surface area contributed by atoms with Gasteiger partial charge in [0.15, 0.2) is 0 Å². The van der Waals surface area contributed by atoms with E-state index in [0.29, 0.717) is 11.4 Å². The Morgan fingerprint density at radius 1 is 1.41 bits per heavy atom. The molecule has 17 heavy (non-hydrogen) atoms. The quantitative estimate of drug-likeness (QED) is 0.847. The minimum atomic E-state index is -0.0000926. The molecule has 4 nitrogen and oxygen atoms in total. The number of aromatic nitrogens is 1. The number of nitrogens with one attached hydrogen (secondary N) is 1. The Balaban J connectivity index is 2.05. The van der Waals surface area contributed by atoms with Crippen LogP contribution in [0.25, 0.3) is 0 Å². The number of hydrogen-bond donors (Lipinski definition) is 1. The van der Waals surface area contributed by atoms with E-state index >= 15 is 0 Å². The first kappa shape index (κ1) is 11.6. The van der Waals surface area contributed by atoms with E-state index in [1.54, 1.807) is 18.3 Å². The molecule has 0 bridgehead atoms. The third kappa shape index (κ3) is 2.82. The summed E-state index contributed by atoms with van der Waals surface area (Å²) in [6, 6.07) is 5.37. The molecule has 4 heteroatoms. The molecule has 1 aliphatic carbocycles. The van der Waals surface area contributed by atoms with Crippen LogP contribution in [0.15, 0.2) is 18.3 Å². The molecule has 1 fully saturated rings. The summed E-state index contributed by atoms with van der Waals surface area (Å²) in [7, 11) is 0. The van der Waals surface area contributed by atoms with Gasteiger partial charge in [-0.1, -0.05) is 19.3 Å². The van der Waals surface area contributed by atoms with Gasteiger partial charge in [-0.05, 0) is 25.0 Å². The van der Waals surface area contributed by atoms with Crippen LogP contribution in [0.1, 0.15) is 37.7 Å². The van der Waals surface area contributed by atoms with Gasteiger partial charge in [0.2, 0.25) is 5.91 Å². The summed E-state index contributed by atoms with van der Waals surface area (Å²) in [6.45, 7) is 0. The van der Waals surface area contributed by atoms with Crippen molar-refractivity contribution in [3.05, 3.63) is 23.9 Å². The maximum absolute atomic E-state index is 12.0. The minimum Gasteiger partial charge on any atom is -0.309 e. The molecule has 1 N–H and O–H groups in total. The van der Waals surface area contributed by atoms with Gasteiger partial charge < -0.3 is 5.32 Å². The lowest BCUT2D eigenvalue weighted by Crippen LogP contribution is -2.25. The van der Waals surface area contributed by atoms with E-state index in [2.05, 4.69) is 10.3 Å². The van der Waals surface area contributed by atoms with Crippen LogP contribution in [0.4, 0.5) is 5.82 Å². The molecule has 0 atom stereocenters. The summed E-state index contributed by atoms with van der Waals surface area (Å²) >= 11 is 0. The van der Waals surface area contributed by atoms with Gasteiger partial charge in [-0.2, -0.15) is 5.26 Å². The number of nitriles is 1. The van der Waals surface area contributed by atoms with Gasteiger partial charge in [0.25, 0.3) is 0 Å². The zero-order valence-electron chi connectivity index (χ0n) is 9.65. The van der Waals surface area contributed by atoms with Crippen molar-refractivity contribution < 1.29 is 4.79 Å². The van der Waals surface area contributed by atoms with Crippen molar-refractivity contribution in [2.75, 3.05) is 5.32 Å². The lowest BCUT2D eigenvalue weighted by Gasteiger charge is -2.20. The van der Waals surface area contributed by atoms with Crippen LogP contribution >= 0.6 is 0 Å². The fourth-order valence-electron chi connectivity index (χ4n) is 2.18. The molecule has 0 saturated heterocycles. The fourth-order valence-corrected chi connectivity index (χ4v) is 2.18. The second-order valence-corrected chi connectivity index (χ2v) is 4.34. The Labute approximate surface area is 101 Å². The van der Waals surface area contributed by atoms with Crippen LogP contribution in [0, 0.1) is 17.2 Å². The highest BCUT2D eigenvalue weighted by atomic mass is 16.1. The normalized spacial score (nSPS) is 16.2. The topological polar surface area (TPSA) is 65.8 Å². The molecule has 0 radical (unpaired) electrons. The summed E-state index contributed by atoms with van der Waals surface area (Å²) in [5, 5.41) is 11.7. The van der Waals surface area contributed by atoms with Crippen LogP contribution in [0.3, 0.4) is 0 Å². The molecule has 0 aliphatic heterocycles. The van der Waals surface area contributed by atoms with Gasteiger partial charge in [0.05, 0.1) is 5.56 Å². The standard InChI is InChI=1S/C13H15N3O/c14-9-11-7-4-8-15-12(11)16-13(17)10-5-2-1-3-6-10/h4,7-8,10H,1-3,5-6H2,(H,15,16,17). The molecular formula is C13H15N3O. The Morgan fingerprint density at radius 2 is 2.18 bits per heavy atom. The van der Waals surface area contributed by atoms with Crippen LogP contribution in [0.2, 0.25) is 0 Å². The molecule has 0 aromatic carbocycles. The van der Waals surface area contributed by atoms with Crippen LogP contribution in [-0.2, 0) is 4.79 Å². The van der Waals surface area contributed by atoms with Crippen molar-refractivity contribution in [2.24, 2.45) is 5.92 Å². The number of hydrogen-bond acceptors (Lipinski definition) is 3. The van der Waals surface area contributed by atoms with Crippen molar-refractivity contribution >= 4 is 11.7 Å². The van der Waals surface area contributed by atoms with Gasteiger partial charge >= 0.3 is 0 Å². The monoisotopic (exact) mass is 229 g/mol. The SMILES string of the molecule is N#Cc1cccnc1NC(=O)C1CCCCC1. The second-order valence-electron chi connectivity index (χ2n) is 4.34. The van der Waals surface area contributed by atoms with Gasteiger partial charge in [0, 0.05) is 12.1 Å². The zero-order chi connectivity index (χ0) is 12.1. The molecule has 1 amide bonds. The van der Waals surface area contributed by atoms with Crippen molar-refractivity contribution in [1.82, 2.24) is 4.98 Å². The average molecular weight is 229 g/mol. The van der Waals surface area contributed by atoms with E-state index in [1.165, 1.54) is 6.42 Å². The summed E-state index contributed by atoms with van der Waals surface area (Å²) in [5.41, 5.74) is 0.414. The highest BCUT2D eigenvalue weighted by Crippen LogP contribution is 2.25. The fraction of sp³-hybridized carbons (Fsp3) is 0.462. The van der Waals surface area contributed by atoms with Crippen LogP contribution < -0.4 is 5.32 Å². The van der Waals surface area contributed by atoms with E-state index in [9.17, 15) is 4.79 Å². The first-order valence-electron chi connectivity index (χ1n) is 5.97. The van der Waals surface area contributed by atoms with Crippen molar-refractivity contribution in [3.63, 3.8) is 0 Å². The smallest absolute Gasteiger partial charge is 0.228 e. The van der Waals surface area contributed by atoms with Gasteiger partial charge in [-0.3, -0.25) is 4.79 Å². The maximum Gasteiger partial charge on any atom is 0.228 e. The lowest BCUT2D eigenvalue weighted by molar-refractivity contribution is -0.120. The Kier molecular flexibility index (Phi) is 3.71. The number of pyridine rings is 1. The van der Waals surface area contributed by atoms with Gasteiger partial charge in [-0.25, -0.2) is 4.98 Å². The first-order valence-corrected chi connectivity index (χ1v) is 5.97. The highest BCUT2D eigenvalue weighted by Gasteiger charge is 2.21. The zero-order valence-corrected chi connectivity index (χ0v) is 9.65. The number of nitrogens with zero attached hydrogens (tertiary/aromatic N) is 2. The van der Waals surface area contributed by atoms with E-state index in [4.69, 9.17) is 5.26 Å². The molecule has 88 valence electrons. The molecule has 1 saturated carbocycles. The Morgan fingerprint density at radius 3 is 2.88 bits per heavy atom. The van der Waals surface area contributed by atoms with E-state index in [1.807, 2.05) is 6.07 Å². The van der Waals surface area contributed by atoms with Gasteiger partial charge in [0.1, 0.15) is 11.9 Å². The number of amides is 1. The van der Waals surface area contributed by atoms with Crippen LogP contribution in [0.5, 0.6) is 0 Å². The highest BCUT2D eigenvalue weighted by molar-refractivity contribution is 5.92. The maximum atomic E-state index is 12.0. The molecule has 2 rings (SSSR count). The number of carbonyl (C=O) groups is 1. The van der Waals surface area contributed by atoms with Crippen molar-refractivity contribution in [1.29, 1.82) is 5.26 Å². The average Bonchev–Trinajstić information content (AvgIpc) is 2.40. The third-order valence-electron chi connectivity index (χ3n) is 3.15. The molecule has 1 aliphatic rings. The van der Waals surface area contributed by atoms with Crippen molar-refractivity contribution in [2.45, 2.75) is 32.1 Å². The summed E-state index contributed by atoms with van der Waals surface area (Å²) in [5.74, 6) is 0.461. The first-order chi connectivity index (χ1) is 8.31. The predicted octanol–water partition coefficient (Wildman–Crippen LogP) is 2.47. The Hall–Kier alpha value is -1.89. The molecule has 0 unspecified atom stereocenters. The lowest BCUT2D eigenvalue weighted by atomic mass is 9.88. The summed E-state index contributed by atoms with van der Waals surface area (Å²) in [4.78, 5) is 16.0. The van der Waals surface area contributed by atoms with E-state index < -0.39 is 0 Å². The summed E-state index contributed by atoms with van der Waals surface area (Å²) in [6.07, 6.45) is 6.92. The predicted molar refractivity (Wildman–Crippen MR) is 64.2 cm³/mol. The van der Waals surface area contributed by atoms with E-state index in [0.717, 1.165) is 25.7 Å². The number of carbonyl (C=O) groups excluding carboxylic acids is 1. The number of anilines is 1. The van der Waals surface area contributed by atoms with Gasteiger partial charge in [-0.15, -0.1) is 0 Å². The second kappa shape index (κ2) is 5.44.